The molecule has 1 amide bonds. The van der Waals surface area contributed by atoms with Crippen LogP contribution in [0.4, 0.5) is 5.13 Å². The second kappa shape index (κ2) is 6.16. The van der Waals surface area contributed by atoms with E-state index >= 15 is 0 Å². The van der Waals surface area contributed by atoms with Crippen molar-refractivity contribution in [3.05, 3.63) is 40.4 Å². The molecule has 1 aromatic carbocycles. The number of nitrogens with two attached hydrogens (primary N) is 1. The Morgan fingerprint density at radius 1 is 1.55 bits per heavy atom. The van der Waals surface area contributed by atoms with E-state index in [0.717, 1.165) is 11.3 Å². The third-order valence-corrected chi connectivity index (χ3v) is 3.49. The van der Waals surface area contributed by atoms with Crippen molar-refractivity contribution >= 4 is 28.6 Å². The Balaban J connectivity index is 2.07. The molecule has 1 heterocycles. The van der Waals surface area contributed by atoms with Gasteiger partial charge in [-0.15, -0.1) is 0 Å². The van der Waals surface area contributed by atoms with Crippen LogP contribution >= 0.6 is 11.3 Å². The Labute approximate surface area is 120 Å². The molecule has 0 atom stereocenters. The van der Waals surface area contributed by atoms with Crippen LogP contribution in [0.15, 0.2) is 29.4 Å². The molecule has 6 nitrogen and oxygen atoms in total. The number of thiazole rings is 1. The normalized spacial score (nSPS) is 10.8. The molecular weight excluding hydrogens is 276 g/mol. The van der Waals surface area contributed by atoms with Gasteiger partial charge in [0.25, 0.3) is 5.91 Å². The molecule has 0 spiro atoms. The molecule has 0 unspecified atom stereocenters. The standard InChI is InChI=1S/C13H14N4O2S/c1-2-9-11(20-13(14)16-9)12(19)17-15-7-8-5-3-4-6-10(8)18/h3-7,18H,2H2,1H3,(H2,14,16)(H,17,19). The minimum atomic E-state index is -0.359. The first-order valence-corrected chi connectivity index (χ1v) is 6.80. The first-order chi connectivity index (χ1) is 9.61. The van der Waals surface area contributed by atoms with Crippen molar-refractivity contribution in [1.29, 1.82) is 0 Å². The van der Waals surface area contributed by atoms with Gasteiger partial charge in [-0.3, -0.25) is 4.79 Å². The fourth-order valence-electron chi connectivity index (χ4n) is 1.60. The third-order valence-electron chi connectivity index (χ3n) is 2.56. The van der Waals surface area contributed by atoms with Gasteiger partial charge < -0.3 is 10.8 Å². The van der Waals surface area contributed by atoms with E-state index in [9.17, 15) is 9.90 Å². The molecular formula is C13H14N4O2S. The van der Waals surface area contributed by atoms with Gasteiger partial charge in [0.2, 0.25) is 0 Å². The first kappa shape index (κ1) is 14.0. The highest BCUT2D eigenvalue weighted by Gasteiger charge is 2.15. The van der Waals surface area contributed by atoms with E-state index in [1.54, 1.807) is 24.3 Å². The highest BCUT2D eigenvalue weighted by atomic mass is 32.1. The van der Waals surface area contributed by atoms with Crippen molar-refractivity contribution in [3.8, 4) is 5.75 Å². The van der Waals surface area contributed by atoms with Crippen LogP contribution in [0.2, 0.25) is 0 Å². The van der Waals surface area contributed by atoms with Gasteiger partial charge >= 0.3 is 0 Å². The summed E-state index contributed by atoms with van der Waals surface area (Å²) >= 11 is 1.13. The summed E-state index contributed by atoms with van der Waals surface area (Å²) in [4.78, 5) is 16.5. The number of phenols is 1. The summed E-state index contributed by atoms with van der Waals surface area (Å²) in [7, 11) is 0. The molecule has 2 aromatic rings. The number of hydrazone groups is 1. The zero-order valence-corrected chi connectivity index (χ0v) is 11.6. The number of carbonyl (C=O) groups is 1. The van der Waals surface area contributed by atoms with Crippen LogP contribution in [0.25, 0.3) is 0 Å². The number of nitrogens with one attached hydrogen (secondary N) is 1. The van der Waals surface area contributed by atoms with Crippen molar-refractivity contribution in [2.75, 3.05) is 5.73 Å². The number of benzene rings is 1. The van der Waals surface area contributed by atoms with E-state index in [0.29, 0.717) is 27.7 Å². The molecule has 104 valence electrons. The van der Waals surface area contributed by atoms with Gasteiger partial charge in [0.15, 0.2) is 5.13 Å². The van der Waals surface area contributed by atoms with E-state index in [-0.39, 0.29) is 11.7 Å². The monoisotopic (exact) mass is 290 g/mol. The zero-order valence-electron chi connectivity index (χ0n) is 10.8. The van der Waals surface area contributed by atoms with Crippen LogP contribution in [-0.2, 0) is 6.42 Å². The molecule has 0 aliphatic heterocycles. The molecule has 4 N–H and O–H groups in total. The van der Waals surface area contributed by atoms with Gasteiger partial charge in [-0.2, -0.15) is 5.10 Å². The molecule has 0 saturated carbocycles. The summed E-state index contributed by atoms with van der Waals surface area (Å²) in [5, 5.41) is 13.7. The SMILES string of the molecule is CCc1nc(N)sc1C(=O)NN=Cc1ccccc1O. The maximum absolute atomic E-state index is 11.9. The number of rotatable bonds is 4. The van der Waals surface area contributed by atoms with Crippen LogP contribution in [0.5, 0.6) is 5.75 Å². The summed E-state index contributed by atoms with van der Waals surface area (Å²) in [6.07, 6.45) is 2.00. The molecule has 0 aliphatic rings. The van der Waals surface area contributed by atoms with E-state index in [1.807, 2.05) is 6.92 Å². The summed E-state index contributed by atoms with van der Waals surface area (Å²) in [6, 6.07) is 6.70. The largest absolute Gasteiger partial charge is 0.507 e. The fourth-order valence-corrected chi connectivity index (χ4v) is 2.41. The van der Waals surface area contributed by atoms with Gasteiger partial charge in [0.05, 0.1) is 11.9 Å². The predicted molar refractivity (Wildman–Crippen MR) is 79.1 cm³/mol. The number of carbonyl (C=O) groups excluding carboxylic acids is 1. The Kier molecular flexibility index (Phi) is 4.31. The van der Waals surface area contributed by atoms with Crippen molar-refractivity contribution in [2.24, 2.45) is 5.10 Å². The lowest BCUT2D eigenvalue weighted by atomic mass is 10.2. The number of anilines is 1. The number of phenolic OH excluding ortho intramolecular Hbond substituents is 1. The molecule has 0 bridgehead atoms. The maximum atomic E-state index is 11.9. The summed E-state index contributed by atoms with van der Waals surface area (Å²) in [5.74, 6) is -0.260. The number of hydrogen-bond acceptors (Lipinski definition) is 6. The fraction of sp³-hybridized carbons (Fsp3) is 0.154. The quantitative estimate of drug-likeness (QED) is 0.590. The Bertz CT molecular complexity index is 652. The van der Waals surface area contributed by atoms with E-state index in [4.69, 9.17) is 5.73 Å². The number of nitrogen functional groups attached to an aromatic ring is 1. The lowest BCUT2D eigenvalue weighted by Gasteiger charge is -1.99. The Morgan fingerprint density at radius 2 is 2.30 bits per heavy atom. The predicted octanol–water partition coefficient (Wildman–Crippen LogP) is 1.76. The van der Waals surface area contributed by atoms with Crippen LogP contribution in [0.1, 0.15) is 27.9 Å². The number of nitrogens with zero attached hydrogens (tertiary/aromatic N) is 2. The van der Waals surface area contributed by atoms with Gasteiger partial charge in [0, 0.05) is 5.56 Å². The number of hydrogen-bond donors (Lipinski definition) is 3. The molecule has 20 heavy (non-hydrogen) atoms. The minimum Gasteiger partial charge on any atom is -0.507 e. The Morgan fingerprint density at radius 3 is 3.00 bits per heavy atom. The molecule has 2 rings (SSSR count). The molecule has 1 aromatic heterocycles. The van der Waals surface area contributed by atoms with Crippen LogP contribution in [0.3, 0.4) is 0 Å². The summed E-state index contributed by atoms with van der Waals surface area (Å²) in [5.41, 5.74) is 9.16. The molecule has 0 saturated heterocycles. The van der Waals surface area contributed by atoms with Crippen LogP contribution in [0, 0.1) is 0 Å². The number of para-hydroxylation sites is 1. The summed E-state index contributed by atoms with van der Waals surface area (Å²) < 4.78 is 0. The second-order valence-electron chi connectivity index (χ2n) is 3.94. The van der Waals surface area contributed by atoms with E-state index < -0.39 is 0 Å². The average Bonchev–Trinajstić information content (AvgIpc) is 2.82. The number of aromatic hydroxyl groups is 1. The van der Waals surface area contributed by atoms with Gasteiger partial charge in [-0.1, -0.05) is 30.4 Å². The Hall–Kier alpha value is -2.41. The highest BCUT2D eigenvalue weighted by Crippen LogP contribution is 2.20. The van der Waals surface area contributed by atoms with Crippen LogP contribution in [-0.4, -0.2) is 22.2 Å². The number of aryl methyl sites for hydroxylation is 1. The lowest BCUT2D eigenvalue weighted by Crippen LogP contribution is -2.17. The molecule has 0 aliphatic carbocycles. The topological polar surface area (TPSA) is 101 Å². The third kappa shape index (κ3) is 3.12. The smallest absolute Gasteiger partial charge is 0.283 e. The van der Waals surface area contributed by atoms with Crippen molar-refractivity contribution in [2.45, 2.75) is 13.3 Å². The molecule has 0 radical (unpaired) electrons. The van der Waals surface area contributed by atoms with Gasteiger partial charge in [0.1, 0.15) is 10.6 Å². The molecule has 0 fully saturated rings. The average molecular weight is 290 g/mol. The van der Waals surface area contributed by atoms with Crippen molar-refractivity contribution < 1.29 is 9.90 Å². The minimum absolute atomic E-state index is 0.0989. The molecule has 7 heteroatoms. The van der Waals surface area contributed by atoms with Gasteiger partial charge in [-0.25, -0.2) is 10.4 Å². The summed E-state index contributed by atoms with van der Waals surface area (Å²) in [6.45, 7) is 1.90. The van der Waals surface area contributed by atoms with E-state index in [1.165, 1.54) is 6.21 Å². The number of amides is 1. The van der Waals surface area contributed by atoms with Gasteiger partial charge in [-0.05, 0) is 18.6 Å². The first-order valence-electron chi connectivity index (χ1n) is 5.98. The highest BCUT2D eigenvalue weighted by molar-refractivity contribution is 7.17. The maximum Gasteiger partial charge on any atom is 0.283 e. The van der Waals surface area contributed by atoms with Crippen molar-refractivity contribution in [1.82, 2.24) is 10.4 Å². The number of aromatic nitrogens is 1. The van der Waals surface area contributed by atoms with Crippen LogP contribution < -0.4 is 11.2 Å². The lowest BCUT2D eigenvalue weighted by molar-refractivity contribution is 0.0958. The van der Waals surface area contributed by atoms with Crippen molar-refractivity contribution in [3.63, 3.8) is 0 Å². The van der Waals surface area contributed by atoms with E-state index in [2.05, 4.69) is 15.5 Å². The zero-order chi connectivity index (χ0) is 14.5. The second-order valence-corrected chi connectivity index (χ2v) is 4.97.